The number of fused-ring (bicyclic) bond motifs is 1. The Balaban J connectivity index is 1.80. The highest BCUT2D eigenvalue weighted by Gasteiger charge is 2.34. The fourth-order valence-corrected chi connectivity index (χ4v) is 4.50. The second-order valence-corrected chi connectivity index (χ2v) is 10.7. The number of aliphatic imine (C=N–C) groups is 1. The van der Waals surface area contributed by atoms with Crippen LogP contribution in [0.25, 0.3) is 0 Å². The van der Waals surface area contributed by atoms with Gasteiger partial charge in [0.2, 0.25) is 5.90 Å². The fraction of sp³-hybridized carbons (Fsp3) is 0.586. The molecule has 0 aliphatic carbocycles. The normalized spacial score (nSPS) is 17.6. The minimum Gasteiger partial charge on any atom is -0.493 e. The van der Waals surface area contributed by atoms with E-state index in [-0.39, 0.29) is 30.1 Å². The molecule has 0 unspecified atom stereocenters. The molecular formula is C29H42N4O5. The summed E-state index contributed by atoms with van der Waals surface area (Å²) in [5.41, 5.74) is 3.05. The van der Waals surface area contributed by atoms with Gasteiger partial charge >= 0.3 is 0 Å². The topological polar surface area (TPSA) is 117 Å². The van der Waals surface area contributed by atoms with Gasteiger partial charge in [-0.3, -0.25) is 15.2 Å². The number of aliphatic hydroxyl groups excluding tert-OH is 1. The lowest BCUT2D eigenvalue weighted by atomic mass is 9.84. The van der Waals surface area contributed by atoms with Crippen molar-refractivity contribution in [2.45, 2.75) is 72.6 Å². The minimum atomic E-state index is -0.268. The third kappa shape index (κ3) is 6.43. The summed E-state index contributed by atoms with van der Waals surface area (Å²) in [6.07, 6.45) is 2.09. The van der Waals surface area contributed by atoms with Crippen LogP contribution < -0.4 is 9.47 Å². The van der Waals surface area contributed by atoms with Gasteiger partial charge in [-0.05, 0) is 57.6 Å². The number of hydrazone groups is 1. The van der Waals surface area contributed by atoms with Crippen LogP contribution >= 0.6 is 0 Å². The largest absolute Gasteiger partial charge is 0.493 e. The first-order chi connectivity index (χ1) is 18.0. The average Bonchev–Trinajstić information content (AvgIpc) is 2.88. The maximum atomic E-state index is 13.4. The zero-order valence-electron chi connectivity index (χ0n) is 23.8. The molecule has 0 aromatic heterocycles. The third-order valence-corrected chi connectivity index (χ3v) is 6.89. The Morgan fingerprint density at radius 3 is 2.55 bits per heavy atom. The molecule has 0 bridgehead atoms. The van der Waals surface area contributed by atoms with Crippen LogP contribution in [0, 0.1) is 11.3 Å². The number of unbranched alkanes of at least 4 members (excludes halogenated alkanes) is 1. The van der Waals surface area contributed by atoms with E-state index in [9.17, 15) is 4.79 Å². The Morgan fingerprint density at radius 2 is 1.92 bits per heavy atom. The van der Waals surface area contributed by atoms with Crippen LogP contribution in [0.2, 0.25) is 0 Å². The number of carbonyl (C=O) groups is 1. The van der Waals surface area contributed by atoms with Gasteiger partial charge in [0.05, 0.1) is 26.9 Å². The van der Waals surface area contributed by atoms with Crippen molar-refractivity contribution in [3.63, 3.8) is 0 Å². The third-order valence-electron chi connectivity index (χ3n) is 6.89. The summed E-state index contributed by atoms with van der Waals surface area (Å²) in [5.74, 6) is 2.41. The van der Waals surface area contributed by atoms with Crippen LogP contribution in [0.1, 0.15) is 83.1 Å². The molecule has 1 atom stereocenters. The number of rotatable bonds is 11. The molecule has 0 amide bonds. The Hall–Kier alpha value is -3.20. The number of ether oxygens (including phenoxy) is 3. The van der Waals surface area contributed by atoms with Gasteiger partial charge in [0, 0.05) is 41.2 Å². The lowest BCUT2D eigenvalue weighted by Gasteiger charge is -2.34. The lowest BCUT2D eigenvalue weighted by Crippen LogP contribution is -2.45. The number of nitrogens with one attached hydrogen (secondary N) is 1. The van der Waals surface area contributed by atoms with Crippen LogP contribution in [-0.4, -0.2) is 66.9 Å². The molecule has 0 saturated heterocycles. The predicted octanol–water partition coefficient (Wildman–Crippen LogP) is 5.11. The van der Waals surface area contributed by atoms with Gasteiger partial charge in [0.25, 0.3) is 0 Å². The van der Waals surface area contributed by atoms with Crippen molar-refractivity contribution in [2.75, 3.05) is 33.5 Å². The van der Waals surface area contributed by atoms with Crippen molar-refractivity contribution < 1.29 is 24.1 Å². The number of hydrogen-bond acceptors (Lipinski definition) is 8. The van der Waals surface area contributed by atoms with E-state index in [4.69, 9.17) is 29.7 Å². The molecule has 0 spiro atoms. The van der Waals surface area contributed by atoms with Gasteiger partial charge in [0.15, 0.2) is 23.1 Å². The summed E-state index contributed by atoms with van der Waals surface area (Å²) in [6, 6.07) is 3.64. The first-order valence-electron chi connectivity index (χ1n) is 13.3. The number of Topliss-reactive ketones (excluding diaryl/α,β-unsaturated/α-hetero) is 1. The number of methoxy groups -OCH3 is 1. The molecular weight excluding hydrogens is 484 g/mol. The zero-order chi connectivity index (χ0) is 28.0. The number of ketones is 1. The second kappa shape index (κ2) is 12.6. The van der Waals surface area contributed by atoms with E-state index in [1.165, 1.54) is 0 Å². The maximum Gasteiger partial charge on any atom is 0.235 e. The number of nitrogens with zero attached hydrogens (tertiary/aromatic N) is 3. The summed E-state index contributed by atoms with van der Waals surface area (Å²) < 4.78 is 17.4. The molecule has 0 radical (unpaired) electrons. The van der Waals surface area contributed by atoms with Crippen LogP contribution in [0.5, 0.6) is 11.5 Å². The van der Waals surface area contributed by atoms with Gasteiger partial charge in [-0.25, -0.2) is 0 Å². The SMILES string of the molecule is CCOC1=NN2C(=N)[C@@H](CCC(=O)c3cc(OCCCCO)c(OC)c(C(C)(C)C)c3)CN=C2C(C)=C1C. The Labute approximate surface area is 226 Å². The highest BCUT2D eigenvalue weighted by molar-refractivity contribution is 6.16. The standard InChI is InChI=1S/C29H42N4O5/c1-8-37-28-19(3)18(2)27-31-17-20(26(30)33(27)32-28)11-12-23(35)21-15-22(29(4,5)6)25(36-7)24(16-21)38-14-10-9-13-34/h15-16,20,30,34H,8-14,17H2,1-7H3/t20-/m0/s1. The smallest absolute Gasteiger partial charge is 0.235 e. The summed E-state index contributed by atoms with van der Waals surface area (Å²) in [4.78, 5) is 18.1. The van der Waals surface area contributed by atoms with E-state index in [1.54, 1.807) is 18.2 Å². The molecule has 38 heavy (non-hydrogen) atoms. The van der Waals surface area contributed by atoms with E-state index in [0.717, 1.165) is 16.7 Å². The summed E-state index contributed by atoms with van der Waals surface area (Å²) in [7, 11) is 1.61. The fourth-order valence-electron chi connectivity index (χ4n) is 4.50. The summed E-state index contributed by atoms with van der Waals surface area (Å²) in [5, 5.41) is 24.0. The van der Waals surface area contributed by atoms with E-state index < -0.39 is 0 Å². The molecule has 0 fully saturated rings. The Bertz CT molecular complexity index is 1150. The van der Waals surface area contributed by atoms with Gasteiger partial charge in [0.1, 0.15) is 5.84 Å². The number of aliphatic hydroxyl groups is 1. The van der Waals surface area contributed by atoms with Crippen molar-refractivity contribution in [1.82, 2.24) is 5.01 Å². The molecule has 2 aliphatic heterocycles. The predicted molar refractivity (Wildman–Crippen MR) is 150 cm³/mol. The molecule has 1 aromatic rings. The van der Waals surface area contributed by atoms with E-state index >= 15 is 0 Å². The molecule has 208 valence electrons. The molecule has 1 aromatic carbocycles. The van der Waals surface area contributed by atoms with Crippen LogP contribution in [0.15, 0.2) is 33.4 Å². The van der Waals surface area contributed by atoms with Gasteiger partial charge in [-0.1, -0.05) is 20.8 Å². The second-order valence-electron chi connectivity index (χ2n) is 10.7. The van der Waals surface area contributed by atoms with Crippen LogP contribution in [0.4, 0.5) is 0 Å². The van der Waals surface area contributed by atoms with Crippen molar-refractivity contribution >= 4 is 23.4 Å². The zero-order valence-corrected chi connectivity index (χ0v) is 23.8. The van der Waals surface area contributed by atoms with Crippen molar-refractivity contribution in [2.24, 2.45) is 16.0 Å². The first kappa shape index (κ1) is 29.4. The van der Waals surface area contributed by atoms with Gasteiger partial charge in [-0.15, -0.1) is 5.10 Å². The van der Waals surface area contributed by atoms with Crippen LogP contribution in [0.3, 0.4) is 0 Å². The quantitative estimate of drug-likeness (QED) is 0.306. The molecule has 2 heterocycles. The average molecular weight is 527 g/mol. The number of carbonyl (C=O) groups excluding carboxylic acids is 1. The maximum absolute atomic E-state index is 13.4. The van der Waals surface area contributed by atoms with Crippen molar-refractivity contribution in [3.05, 3.63) is 34.4 Å². The molecule has 9 heteroatoms. The lowest BCUT2D eigenvalue weighted by molar-refractivity contribution is 0.0976. The van der Waals surface area contributed by atoms with E-state index in [2.05, 4.69) is 25.9 Å². The number of amidine groups is 2. The summed E-state index contributed by atoms with van der Waals surface area (Å²) in [6.45, 7) is 13.5. The summed E-state index contributed by atoms with van der Waals surface area (Å²) >= 11 is 0. The number of hydrogen-bond donors (Lipinski definition) is 2. The van der Waals surface area contributed by atoms with E-state index in [1.807, 2.05) is 26.8 Å². The monoisotopic (exact) mass is 526 g/mol. The van der Waals surface area contributed by atoms with Crippen LogP contribution in [-0.2, 0) is 10.2 Å². The highest BCUT2D eigenvalue weighted by Crippen LogP contribution is 2.40. The van der Waals surface area contributed by atoms with Gasteiger partial charge in [-0.2, -0.15) is 5.01 Å². The minimum absolute atomic E-state index is 0.0231. The molecule has 9 nitrogen and oxygen atoms in total. The molecule has 0 saturated carbocycles. The van der Waals surface area contributed by atoms with E-state index in [0.29, 0.717) is 73.7 Å². The molecule has 3 rings (SSSR count). The molecule has 2 aliphatic rings. The number of benzene rings is 1. The van der Waals surface area contributed by atoms with Gasteiger partial charge < -0.3 is 19.3 Å². The highest BCUT2D eigenvalue weighted by atomic mass is 16.5. The Kier molecular flexibility index (Phi) is 9.71. The van der Waals surface area contributed by atoms with Crippen molar-refractivity contribution in [1.29, 1.82) is 5.41 Å². The molecule has 2 N–H and O–H groups in total. The Morgan fingerprint density at radius 1 is 1.18 bits per heavy atom. The first-order valence-corrected chi connectivity index (χ1v) is 13.3. The van der Waals surface area contributed by atoms with Crippen molar-refractivity contribution in [3.8, 4) is 11.5 Å².